The molecule has 30 heavy (non-hydrogen) atoms. The summed E-state index contributed by atoms with van der Waals surface area (Å²) in [6.07, 6.45) is -2.55. The Kier molecular flexibility index (Phi) is 7.05. The first-order valence-electron chi connectivity index (χ1n) is 10.4. The van der Waals surface area contributed by atoms with Crippen molar-refractivity contribution in [3.05, 3.63) is 29.8 Å². The lowest BCUT2D eigenvalue weighted by atomic mass is 9.98. The number of fused-ring (bicyclic) bond motifs is 2. The monoisotopic (exact) mass is 442 g/mol. The molecule has 9 nitrogen and oxygen atoms in total. The SMILES string of the molecule is Cc1ccc(S(=O)(=O)OC2C3OCC(O3)C(NCCCN3CCOCC3)C2O)cc1. The molecule has 0 radical (unpaired) electrons. The van der Waals surface area contributed by atoms with Crippen molar-refractivity contribution in [1.82, 2.24) is 10.2 Å². The van der Waals surface area contributed by atoms with E-state index in [1.807, 2.05) is 6.92 Å². The summed E-state index contributed by atoms with van der Waals surface area (Å²) < 4.78 is 47.5. The Morgan fingerprint density at radius 1 is 1.23 bits per heavy atom. The van der Waals surface area contributed by atoms with Gasteiger partial charge in [0.05, 0.1) is 30.8 Å². The fourth-order valence-corrected chi connectivity index (χ4v) is 5.12. The fourth-order valence-electron chi connectivity index (χ4n) is 4.04. The van der Waals surface area contributed by atoms with Gasteiger partial charge < -0.3 is 24.6 Å². The summed E-state index contributed by atoms with van der Waals surface area (Å²) in [7, 11) is -4.06. The van der Waals surface area contributed by atoms with Crippen LogP contribution in [-0.4, -0.2) is 95.1 Å². The Morgan fingerprint density at radius 3 is 2.70 bits per heavy atom. The molecule has 0 aliphatic carbocycles. The number of hydrogen-bond donors (Lipinski definition) is 2. The number of morpholine rings is 1. The molecule has 4 rings (SSSR count). The summed E-state index contributed by atoms with van der Waals surface area (Å²) in [5.74, 6) is 0. The van der Waals surface area contributed by atoms with E-state index < -0.39 is 34.7 Å². The first kappa shape index (κ1) is 22.1. The summed E-state index contributed by atoms with van der Waals surface area (Å²) >= 11 is 0. The van der Waals surface area contributed by atoms with Gasteiger partial charge in [0, 0.05) is 13.1 Å². The van der Waals surface area contributed by atoms with Crippen molar-refractivity contribution in [2.45, 2.75) is 48.9 Å². The van der Waals surface area contributed by atoms with Crippen molar-refractivity contribution in [2.24, 2.45) is 0 Å². The van der Waals surface area contributed by atoms with E-state index in [4.69, 9.17) is 18.4 Å². The van der Waals surface area contributed by atoms with Gasteiger partial charge in [-0.05, 0) is 38.6 Å². The number of hydrogen-bond acceptors (Lipinski definition) is 9. The van der Waals surface area contributed by atoms with Gasteiger partial charge in [0.25, 0.3) is 10.1 Å². The third kappa shape index (κ3) is 5.03. The Balaban J connectivity index is 1.35. The molecule has 10 heteroatoms. The van der Waals surface area contributed by atoms with Gasteiger partial charge in [0.15, 0.2) is 12.4 Å². The molecule has 0 saturated carbocycles. The minimum atomic E-state index is -4.06. The van der Waals surface area contributed by atoms with Crippen LogP contribution < -0.4 is 5.32 Å². The molecule has 168 valence electrons. The largest absolute Gasteiger partial charge is 0.388 e. The number of aryl methyl sites for hydroxylation is 1. The molecular weight excluding hydrogens is 412 g/mol. The Hall–Kier alpha value is -1.11. The summed E-state index contributed by atoms with van der Waals surface area (Å²) in [6, 6.07) is 5.91. The molecule has 3 aliphatic heterocycles. The molecule has 5 atom stereocenters. The number of ether oxygens (including phenoxy) is 3. The Morgan fingerprint density at radius 2 is 1.97 bits per heavy atom. The lowest BCUT2D eigenvalue weighted by Crippen LogP contribution is -2.60. The van der Waals surface area contributed by atoms with Gasteiger partial charge in [0.2, 0.25) is 0 Å². The minimum Gasteiger partial charge on any atom is -0.388 e. The molecule has 2 bridgehead atoms. The Labute approximate surface area is 177 Å². The van der Waals surface area contributed by atoms with Crippen LogP contribution in [0.1, 0.15) is 12.0 Å². The molecule has 1 aromatic carbocycles. The zero-order chi connectivity index (χ0) is 21.1. The van der Waals surface area contributed by atoms with Crippen LogP contribution in [0.4, 0.5) is 0 Å². The van der Waals surface area contributed by atoms with Crippen LogP contribution in [-0.2, 0) is 28.5 Å². The predicted molar refractivity (Wildman–Crippen MR) is 108 cm³/mol. The zero-order valence-corrected chi connectivity index (χ0v) is 17.9. The smallest absolute Gasteiger partial charge is 0.297 e. The minimum absolute atomic E-state index is 0.0374. The summed E-state index contributed by atoms with van der Waals surface area (Å²) in [5, 5.41) is 14.2. The van der Waals surface area contributed by atoms with E-state index in [0.717, 1.165) is 44.8 Å². The second-order valence-corrected chi connectivity index (χ2v) is 9.55. The molecule has 3 fully saturated rings. The van der Waals surface area contributed by atoms with Gasteiger partial charge in [-0.15, -0.1) is 0 Å². The maximum Gasteiger partial charge on any atom is 0.297 e. The average molecular weight is 443 g/mol. The molecule has 5 unspecified atom stereocenters. The van der Waals surface area contributed by atoms with Crippen molar-refractivity contribution in [3.8, 4) is 0 Å². The number of aliphatic hydroxyl groups excluding tert-OH is 1. The molecule has 0 aromatic heterocycles. The van der Waals surface area contributed by atoms with E-state index in [1.54, 1.807) is 12.1 Å². The first-order chi connectivity index (χ1) is 14.4. The highest BCUT2D eigenvalue weighted by Crippen LogP contribution is 2.32. The van der Waals surface area contributed by atoms with Crippen LogP contribution in [0.2, 0.25) is 0 Å². The topological polar surface area (TPSA) is 107 Å². The summed E-state index contributed by atoms with van der Waals surface area (Å²) in [6.45, 7) is 7.15. The van der Waals surface area contributed by atoms with E-state index in [2.05, 4.69) is 10.2 Å². The van der Waals surface area contributed by atoms with Gasteiger partial charge >= 0.3 is 0 Å². The van der Waals surface area contributed by atoms with Gasteiger partial charge in [-0.25, -0.2) is 0 Å². The molecule has 3 saturated heterocycles. The van der Waals surface area contributed by atoms with E-state index in [-0.39, 0.29) is 17.6 Å². The summed E-state index contributed by atoms with van der Waals surface area (Å²) in [5.41, 5.74) is 0.943. The number of rotatable bonds is 8. The highest BCUT2D eigenvalue weighted by molar-refractivity contribution is 7.86. The lowest BCUT2D eigenvalue weighted by Gasteiger charge is -2.38. The molecule has 3 heterocycles. The van der Waals surface area contributed by atoms with Crippen LogP contribution in [0.25, 0.3) is 0 Å². The van der Waals surface area contributed by atoms with E-state index >= 15 is 0 Å². The van der Waals surface area contributed by atoms with Gasteiger partial charge in [-0.1, -0.05) is 17.7 Å². The second kappa shape index (κ2) is 9.58. The van der Waals surface area contributed by atoms with E-state index in [9.17, 15) is 13.5 Å². The first-order valence-corrected chi connectivity index (χ1v) is 11.8. The molecule has 3 aliphatic rings. The average Bonchev–Trinajstić information content (AvgIpc) is 3.18. The highest BCUT2D eigenvalue weighted by atomic mass is 32.2. The quantitative estimate of drug-likeness (QED) is 0.420. The molecule has 1 aromatic rings. The maximum absolute atomic E-state index is 12.7. The predicted octanol–water partition coefficient (Wildman–Crippen LogP) is -0.135. The third-order valence-corrected chi connectivity index (χ3v) is 7.11. The van der Waals surface area contributed by atoms with E-state index in [0.29, 0.717) is 6.54 Å². The van der Waals surface area contributed by atoms with Gasteiger partial charge in [0.1, 0.15) is 12.2 Å². The third-order valence-electron chi connectivity index (χ3n) is 5.79. The molecular formula is C20H30N2O7S. The lowest BCUT2D eigenvalue weighted by molar-refractivity contribution is -0.192. The number of nitrogens with one attached hydrogen (secondary N) is 1. The van der Waals surface area contributed by atoms with Crippen LogP contribution in [0.5, 0.6) is 0 Å². The number of aliphatic hydroxyl groups is 1. The van der Waals surface area contributed by atoms with Gasteiger partial charge in [-0.2, -0.15) is 8.42 Å². The van der Waals surface area contributed by atoms with Gasteiger partial charge in [-0.3, -0.25) is 9.08 Å². The van der Waals surface area contributed by atoms with Crippen molar-refractivity contribution >= 4 is 10.1 Å². The van der Waals surface area contributed by atoms with Crippen molar-refractivity contribution < 1.29 is 31.9 Å². The van der Waals surface area contributed by atoms with Crippen LogP contribution >= 0.6 is 0 Å². The van der Waals surface area contributed by atoms with Crippen molar-refractivity contribution in [2.75, 3.05) is 46.0 Å². The fraction of sp³-hybridized carbons (Fsp3) is 0.700. The molecule has 2 N–H and O–H groups in total. The molecule has 0 spiro atoms. The maximum atomic E-state index is 12.7. The van der Waals surface area contributed by atoms with Crippen LogP contribution in [0.15, 0.2) is 29.2 Å². The Bertz CT molecular complexity index is 798. The molecule has 0 amide bonds. The van der Waals surface area contributed by atoms with Crippen molar-refractivity contribution in [3.63, 3.8) is 0 Å². The number of benzene rings is 1. The van der Waals surface area contributed by atoms with Crippen molar-refractivity contribution in [1.29, 1.82) is 0 Å². The number of nitrogens with zero attached hydrogens (tertiary/aromatic N) is 1. The standard InChI is InChI=1S/C20H30N2O7S/c1-14-3-5-15(6-4-14)30(24,25)29-19-18(23)17(16-13-27-20(19)28-16)21-7-2-8-22-9-11-26-12-10-22/h3-6,16-21,23H,2,7-13H2,1H3. The van der Waals surface area contributed by atoms with Crippen LogP contribution in [0.3, 0.4) is 0 Å². The zero-order valence-electron chi connectivity index (χ0n) is 17.1. The summed E-state index contributed by atoms with van der Waals surface area (Å²) in [4.78, 5) is 2.38. The second-order valence-electron chi connectivity index (χ2n) is 7.98. The van der Waals surface area contributed by atoms with E-state index in [1.165, 1.54) is 12.1 Å². The van der Waals surface area contributed by atoms with Crippen LogP contribution in [0, 0.1) is 6.92 Å². The highest BCUT2D eigenvalue weighted by Gasteiger charge is 2.52. The normalized spacial score (nSPS) is 32.4.